The van der Waals surface area contributed by atoms with Gasteiger partial charge in [-0.1, -0.05) is 29.3 Å². The molecule has 3 N–H and O–H groups in total. The van der Waals surface area contributed by atoms with Gasteiger partial charge in [0.2, 0.25) is 0 Å². The maximum atomic E-state index is 12.0. The van der Waals surface area contributed by atoms with Gasteiger partial charge in [0.15, 0.2) is 0 Å². The van der Waals surface area contributed by atoms with Crippen molar-refractivity contribution < 1.29 is 15.3 Å². The Bertz CT molecular complexity index is 575. The van der Waals surface area contributed by atoms with Crippen molar-refractivity contribution in [3.63, 3.8) is 0 Å². The van der Waals surface area contributed by atoms with Crippen LogP contribution < -0.4 is 5.73 Å². The van der Waals surface area contributed by atoms with E-state index in [0.29, 0.717) is 28.0 Å². The first-order valence-electron chi connectivity index (χ1n) is 5.52. The third-order valence-electron chi connectivity index (χ3n) is 2.50. The Balaban J connectivity index is 2.27. The molecule has 0 aromatic heterocycles. The summed E-state index contributed by atoms with van der Waals surface area (Å²) >= 11 is 12.6. The minimum atomic E-state index is -0.287. The van der Waals surface area contributed by atoms with E-state index in [1.54, 1.807) is 24.3 Å². The van der Waals surface area contributed by atoms with E-state index in [4.69, 9.17) is 23.2 Å². The van der Waals surface area contributed by atoms with Crippen molar-refractivity contribution in [2.75, 3.05) is 13.1 Å². The molecule has 1 aromatic rings. The Kier molecular flexibility index (Phi) is 4.52. The van der Waals surface area contributed by atoms with Gasteiger partial charge in [0.1, 0.15) is 0 Å². The molecule has 100 valence electrons. The first-order chi connectivity index (χ1) is 9.02. The lowest BCUT2D eigenvalue weighted by atomic mass is 10.2. The van der Waals surface area contributed by atoms with E-state index in [0.717, 1.165) is 17.3 Å². The fourth-order valence-electron chi connectivity index (χ4n) is 1.60. The molecule has 0 aliphatic carbocycles. The number of quaternary nitrogens is 1. The second kappa shape index (κ2) is 5.96. The molecule has 7 heteroatoms. The number of rotatable bonds is 3. The highest BCUT2D eigenvalue weighted by atomic mass is 35.5. The van der Waals surface area contributed by atoms with Gasteiger partial charge in [-0.25, -0.2) is 0 Å². The van der Waals surface area contributed by atoms with Crippen LogP contribution in [0.4, 0.5) is 4.79 Å². The first-order valence-corrected chi connectivity index (χ1v) is 7.10. The molecule has 1 fully saturated rings. The van der Waals surface area contributed by atoms with E-state index < -0.39 is 0 Å². The van der Waals surface area contributed by atoms with Crippen LogP contribution in [0.5, 0.6) is 0 Å². The Morgan fingerprint density at radius 2 is 2.00 bits per heavy atom. The number of halogens is 2. The van der Waals surface area contributed by atoms with E-state index in [-0.39, 0.29) is 11.1 Å². The highest BCUT2D eigenvalue weighted by Crippen LogP contribution is 2.32. The second-order valence-corrected chi connectivity index (χ2v) is 5.67. The fourth-order valence-corrected chi connectivity index (χ4v) is 2.78. The van der Waals surface area contributed by atoms with Gasteiger partial charge in [-0.15, -0.1) is 0 Å². The van der Waals surface area contributed by atoms with Crippen molar-refractivity contribution in [3.05, 3.63) is 38.7 Å². The fraction of sp³-hybridized carbons (Fsp3) is 0.167. The molecular weight excluding hydrogens is 307 g/mol. The van der Waals surface area contributed by atoms with Crippen LogP contribution in [0.15, 0.2) is 23.1 Å². The van der Waals surface area contributed by atoms with Crippen LogP contribution in [0, 0.1) is 0 Å². The maximum Gasteiger partial charge on any atom is 0.293 e. The average molecular weight is 318 g/mol. The van der Waals surface area contributed by atoms with Crippen molar-refractivity contribution in [2.45, 2.75) is 0 Å². The zero-order chi connectivity index (χ0) is 14.0. The van der Waals surface area contributed by atoms with E-state index in [1.165, 1.54) is 4.90 Å². The molecule has 1 aliphatic heterocycles. The molecule has 2 rings (SSSR count). The molecule has 19 heavy (non-hydrogen) atoms. The standard InChI is InChI=1S/C12H10Cl2N2O2S/c13-8-2-1-7(5-9(8)14)6-10-11(17)16(4-3-15)12(18)19-10/h1-2,5-6H,3-4,15H2/p+1/b10-6+. The van der Waals surface area contributed by atoms with Crippen molar-refractivity contribution >= 4 is 52.2 Å². The predicted molar refractivity (Wildman–Crippen MR) is 76.9 cm³/mol. The number of nitrogens with zero attached hydrogens (tertiary/aromatic N) is 1. The summed E-state index contributed by atoms with van der Waals surface area (Å²) in [6.45, 7) is 0.835. The van der Waals surface area contributed by atoms with Crippen LogP contribution in [0.1, 0.15) is 5.56 Å². The van der Waals surface area contributed by atoms with E-state index in [2.05, 4.69) is 5.73 Å². The Hall–Kier alpha value is -1.01. The average Bonchev–Trinajstić information content (AvgIpc) is 2.62. The summed E-state index contributed by atoms with van der Waals surface area (Å²) in [5.74, 6) is -0.287. The van der Waals surface area contributed by atoms with Crippen molar-refractivity contribution in [3.8, 4) is 0 Å². The number of hydrogen-bond acceptors (Lipinski definition) is 3. The summed E-state index contributed by atoms with van der Waals surface area (Å²) in [6, 6.07) is 5.04. The number of thioether (sulfide) groups is 1. The van der Waals surface area contributed by atoms with Gasteiger partial charge in [0.25, 0.3) is 11.1 Å². The van der Waals surface area contributed by atoms with Gasteiger partial charge < -0.3 is 5.73 Å². The van der Waals surface area contributed by atoms with Crippen LogP contribution in [0.3, 0.4) is 0 Å². The molecule has 0 spiro atoms. The molecule has 1 saturated heterocycles. The van der Waals surface area contributed by atoms with Gasteiger partial charge in [-0.3, -0.25) is 14.5 Å². The van der Waals surface area contributed by atoms with Crippen LogP contribution in [-0.2, 0) is 4.79 Å². The number of hydrogen-bond donors (Lipinski definition) is 1. The number of benzene rings is 1. The molecule has 4 nitrogen and oxygen atoms in total. The molecule has 0 unspecified atom stereocenters. The van der Waals surface area contributed by atoms with Crippen LogP contribution in [0.2, 0.25) is 10.0 Å². The summed E-state index contributed by atoms with van der Waals surface area (Å²) in [5, 5.41) is 0.594. The minimum Gasteiger partial charge on any atom is -0.356 e. The molecular formula is C12H11Cl2N2O2S+. The Morgan fingerprint density at radius 1 is 1.26 bits per heavy atom. The highest BCUT2D eigenvalue weighted by molar-refractivity contribution is 8.18. The van der Waals surface area contributed by atoms with Crippen LogP contribution in [-0.4, -0.2) is 29.1 Å². The monoisotopic (exact) mass is 317 g/mol. The molecule has 0 bridgehead atoms. The molecule has 1 heterocycles. The summed E-state index contributed by atoms with van der Waals surface area (Å²) in [6.07, 6.45) is 1.64. The van der Waals surface area contributed by atoms with Crippen LogP contribution in [0.25, 0.3) is 6.08 Å². The normalized spacial score (nSPS) is 17.6. The Morgan fingerprint density at radius 3 is 2.63 bits per heavy atom. The van der Waals surface area contributed by atoms with Gasteiger partial charge in [-0.2, -0.15) is 0 Å². The summed E-state index contributed by atoms with van der Waals surface area (Å²) in [7, 11) is 0. The predicted octanol–water partition coefficient (Wildman–Crippen LogP) is 2.27. The summed E-state index contributed by atoms with van der Waals surface area (Å²) < 4.78 is 0. The number of carbonyl (C=O) groups excluding carboxylic acids is 2. The number of amides is 2. The molecule has 1 aromatic carbocycles. The maximum absolute atomic E-state index is 12.0. The van der Waals surface area contributed by atoms with E-state index in [1.807, 2.05) is 0 Å². The van der Waals surface area contributed by atoms with E-state index >= 15 is 0 Å². The van der Waals surface area contributed by atoms with Crippen molar-refractivity contribution in [1.29, 1.82) is 0 Å². The molecule has 0 radical (unpaired) electrons. The summed E-state index contributed by atoms with van der Waals surface area (Å²) in [5.41, 5.74) is 4.37. The highest BCUT2D eigenvalue weighted by Gasteiger charge is 2.34. The van der Waals surface area contributed by atoms with Crippen LogP contribution >= 0.6 is 35.0 Å². The third kappa shape index (κ3) is 3.12. The minimum absolute atomic E-state index is 0.264. The lowest BCUT2D eigenvalue weighted by molar-refractivity contribution is -0.367. The number of carbonyl (C=O) groups is 2. The zero-order valence-corrected chi connectivity index (χ0v) is 12.2. The van der Waals surface area contributed by atoms with E-state index in [9.17, 15) is 9.59 Å². The zero-order valence-electron chi connectivity index (χ0n) is 9.86. The molecule has 0 saturated carbocycles. The second-order valence-electron chi connectivity index (χ2n) is 3.86. The van der Waals surface area contributed by atoms with Gasteiger partial charge >= 0.3 is 0 Å². The lowest BCUT2D eigenvalue weighted by Crippen LogP contribution is -2.55. The van der Waals surface area contributed by atoms with Crippen molar-refractivity contribution in [1.82, 2.24) is 4.90 Å². The lowest BCUT2D eigenvalue weighted by Gasteiger charge is -2.08. The molecule has 2 amide bonds. The Labute approximate surface area is 124 Å². The van der Waals surface area contributed by atoms with Crippen molar-refractivity contribution in [2.24, 2.45) is 0 Å². The SMILES string of the molecule is [NH3+]CCN1C(=O)S/C(=C/c2ccc(Cl)c(Cl)c2)C1=O. The topological polar surface area (TPSA) is 65.0 Å². The first kappa shape index (κ1) is 14.4. The number of imide groups is 1. The smallest absolute Gasteiger partial charge is 0.293 e. The van der Waals surface area contributed by atoms with Gasteiger partial charge in [0, 0.05) is 0 Å². The summed E-state index contributed by atoms with van der Waals surface area (Å²) in [4.78, 5) is 25.2. The van der Waals surface area contributed by atoms with Gasteiger partial charge in [0.05, 0.1) is 28.0 Å². The third-order valence-corrected chi connectivity index (χ3v) is 4.14. The van der Waals surface area contributed by atoms with Gasteiger partial charge in [-0.05, 0) is 35.5 Å². The molecule has 0 atom stereocenters. The molecule has 1 aliphatic rings. The quantitative estimate of drug-likeness (QED) is 0.870. The largest absolute Gasteiger partial charge is 0.356 e.